The first kappa shape index (κ1) is 28.1. The molecule has 0 fully saturated rings. The molecule has 0 spiro atoms. The molecule has 0 aliphatic heterocycles. The number of carboxylic acid groups (broad SMARTS) is 1. The number of hydrogen-bond donors (Lipinski definition) is 2. The molecule has 0 radical (unpaired) electrons. The van der Waals surface area contributed by atoms with Crippen molar-refractivity contribution in [2.24, 2.45) is 0 Å². The number of carboxylic acids is 1. The minimum Gasteiger partial charge on any atom is -0.482 e. The summed E-state index contributed by atoms with van der Waals surface area (Å²) < 4.78 is 12.8. The maximum atomic E-state index is 12.6. The summed E-state index contributed by atoms with van der Waals surface area (Å²) in [6, 6.07) is 14.9. The number of aromatic nitrogens is 3. The summed E-state index contributed by atoms with van der Waals surface area (Å²) in [7, 11) is 1.66. The average Bonchev–Trinajstić information content (AvgIpc) is 3.31. The van der Waals surface area contributed by atoms with Crippen molar-refractivity contribution in [3.63, 3.8) is 0 Å². The number of rotatable bonds is 14. The molecule has 1 amide bonds. The van der Waals surface area contributed by atoms with Crippen LogP contribution in [0.2, 0.25) is 0 Å². The minimum absolute atomic E-state index is 0.124. The van der Waals surface area contributed by atoms with E-state index in [1.54, 1.807) is 30.2 Å². The summed E-state index contributed by atoms with van der Waals surface area (Å²) in [5.41, 5.74) is 9.56. The Kier molecular flexibility index (Phi) is 9.56. The van der Waals surface area contributed by atoms with Gasteiger partial charge in [-0.15, -0.1) is 11.6 Å². The molecule has 0 atom stereocenters. The highest BCUT2D eigenvalue weighted by atomic mass is 35.5. The van der Waals surface area contributed by atoms with Gasteiger partial charge in [-0.25, -0.2) is 14.8 Å². The number of methoxy groups -OCH3 is 1. The Morgan fingerprint density at radius 3 is 2.72 bits per heavy atom. The lowest BCUT2D eigenvalue weighted by atomic mass is 10.1. The Labute approximate surface area is 231 Å². The predicted octanol–water partition coefficient (Wildman–Crippen LogP) is 3.87. The van der Waals surface area contributed by atoms with Crippen molar-refractivity contribution in [3.05, 3.63) is 59.9 Å². The van der Waals surface area contributed by atoms with Gasteiger partial charge in [0.05, 0.1) is 17.6 Å². The summed E-state index contributed by atoms with van der Waals surface area (Å²) in [4.78, 5) is 34.5. The monoisotopic (exact) mass is 553 g/mol. The van der Waals surface area contributed by atoms with Crippen LogP contribution in [-0.4, -0.2) is 69.2 Å². The van der Waals surface area contributed by atoms with E-state index in [0.717, 1.165) is 40.6 Å². The van der Waals surface area contributed by atoms with Crippen molar-refractivity contribution in [1.82, 2.24) is 19.4 Å². The third-order valence-corrected chi connectivity index (χ3v) is 6.61. The summed E-state index contributed by atoms with van der Waals surface area (Å²) in [5.74, 6) is 0.360. The largest absolute Gasteiger partial charge is 0.482 e. The first-order valence-electron chi connectivity index (χ1n) is 12.7. The van der Waals surface area contributed by atoms with Crippen LogP contribution in [0.5, 0.6) is 5.75 Å². The van der Waals surface area contributed by atoms with Crippen molar-refractivity contribution in [2.45, 2.75) is 32.4 Å². The number of benzene rings is 2. The maximum Gasteiger partial charge on any atom is 0.341 e. The molecule has 39 heavy (non-hydrogen) atoms. The van der Waals surface area contributed by atoms with Gasteiger partial charge in [0, 0.05) is 38.6 Å². The van der Waals surface area contributed by atoms with E-state index >= 15 is 0 Å². The lowest BCUT2D eigenvalue weighted by Crippen LogP contribution is -2.32. The average molecular weight is 554 g/mol. The Morgan fingerprint density at radius 1 is 1.13 bits per heavy atom. The van der Waals surface area contributed by atoms with Gasteiger partial charge in [0.15, 0.2) is 12.4 Å². The van der Waals surface area contributed by atoms with Gasteiger partial charge in [-0.2, -0.15) is 0 Å². The number of aryl methyl sites for hydroxylation is 1. The molecule has 4 aromatic rings. The fourth-order valence-corrected chi connectivity index (χ4v) is 4.75. The van der Waals surface area contributed by atoms with Crippen molar-refractivity contribution in [1.29, 1.82) is 0 Å². The van der Waals surface area contributed by atoms with Gasteiger partial charge in [-0.05, 0) is 36.6 Å². The van der Waals surface area contributed by atoms with Gasteiger partial charge < -0.3 is 29.8 Å². The van der Waals surface area contributed by atoms with E-state index in [-0.39, 0.29) is 11.8 Å². The summed E-state index contributed by atoms with van der Waals surface area (Å²) in [6.45, 7) is 1.64. The predicted molar refractivity (Wildman–Crippen MR) is 150 cm³/mol. The van der Waals surface area contributed by atoms with Crippen LogP contribution in [0.3, 0.4) is 0 Å². The number of nitrogen functional groups attached to an aromatic ring is 1. The number of hydrogen-bond acceptors (Lipinski definition) is 7. The molecule has 0 aliphatic rings. The number of aliphatic carboxylic acids is 1. The SMILES string of the molecule is COCCc1nc2c(N)nc3ccccc3c2n1CCCCN(Cc1cccc(OCC(=O)O)c1)C(=O)CCl. The summed E-state index contributed by atoms with van der Waals surface area (Å²) in [5, 5.41) is 9.84. The van der Waals surface area contributed by atoms with E-state index in [9.17, 15) is 9.59 Å². The number of ether oxygens (including phenoxy) is 2. The number of carbonyl (C=O) groups excluding carboxylic acids is 1. The van der Waals surface area contributed by atoms with Gasteiger partial charge >= 0.3 is 5.97 Å². The van der Waals surface area contributed by atoms with Crippen LogP contribution in [-0.2, 0) is 33.8 Å². The van der Waals surface area contributed by atoms with E-state index in [4.69, 9.17) is 36.9 Å². The second-order valence-corrected chi connectivity index (χ2v) is 9.39. The molecule has 0 saturated heterocycles. The smallest absolute Gasteiger partial charge is 0.341 e. The minimum atomic E-state index is -1.05. The maximum absolute atomic E-state index is 12.6. The number of anilines is 1. The third kappa shape index (κ3) is 6.96. The van der Waals surface area contributed by atoms with Crippen molar-refractivity contribution < 1.29 is 24.2 Å². The molecular weight excluding hydrogens is 522 g/mol. The number of alkyl halides is 1. The molecular formula is C28H32ClN5O5. The molecule has 10 nitrogen and oxygen atoms in total. The third-order valence-electron chi connectivity index (χ3n) is 6.38. The van der Waals surface area contributed by atoms with E-state index in [2.05, 4.69) is 9.55 Å². The zero-order valence-corrected chi connectivity index (χ0v) is 22.6. The van der Waals surface area contributed by atoms with Crippen LogP contribution >= 0.6 is 11.6 Å². The van der Waals surface area contributed by atoms with E-state index in [1.807, 2.05) is 30.3 Å². The topological polar surface area (TPSA) is 133 Å². The van der Waals surface area contributed by atoms with Gasteiger partial charge in [0.2, 0.25) is 5.91 Å². The molecule has 2 aromatic heterocycles. The number of amides is 1. The highest BCUT2D eigenvalue weighted by Crippen LogP contribution is 2.29. The van der Waals surface area contributed by atoms with Crippen molar-refractivity contribution in [3.8, 4) is 5.75 Å². The first-order chi connectivity index (χ1) is 18.9. The normalized spacial score (nSPS) is 11.2. The Balaban J connectivity index is 1.49. The van der Waals surface area contributed by atoms with Crippen LogP contribution in [0, 0.1) is 0 Å². The highest BCUT2D eigenvalue weighted by Gasteiger charge is 2.18. The molecule has 0 unspecified atom stereocenters. The van der Waals surface area contributed by atoms with Gasteiger partial charge in [0.25, 0.3) is 0 Å². The summed E-state index contributed by atoms with van der Waals surface area (Å²) >= 11 is 5.90. The molecule has 206 valence electrons. The molecule has 11 heteroatoms. The number of nitrogens with two attached hydrogens (primary N) is 1. The summed E-state index contributed by atoms with van der Waals surface area (Å²) in [6.07, 6.45) is 2.16. The van der Waals surface area contributed by atoms with Gasteiger partial charge in [-0.3, -0.25) is 4.79 Å². The molecule has 0 bridgehead atoms. The molecule has 2 heterocycles. The number of imidazole rings is 1. The Hall–Kier alpha value is -3.89. The number of para-hydroxylation sites is 1. The Morgan fingerprint density at radius 2 is 1.95 bits per heavy atom. The van der Waals surface area contributed by atoms with Gasteiger partial charge in [-0.1, -0.05) is 30.3 Å². The van der Waals surface area contributed by atoms with Crippen LogP contribution < -0.4 is 10.5 Å². The molecule has 3 N–H and O–H groups in total. The van der Waals surface area contributed by atoms with E-state index < -0.39 is 12.6 Å². The molecule has 2 aromatic carbocycles. The highest BCUT2D eigenvalue weighted by molar-refractivity contribution is 6.27. The molecule has 0 saturated carbocycles. The van der Waals surface area contributed by atoms with Crippen LogP contribution in [0.25, 0.3) is 21.9 Å². The lowest BCUT2D eigenvalue weighted by molar-refractivity contribution is -0.139. The number of nitrogens with zero attached hydrogens (tertiary/aromatic N) is 4. The first-order valence-corrected chi connectivity index (χ1v) is 13.2. The van der Waals surface area contributed by atoms with Crippen LogP contribution in [0.1, 0.15) is 24.2 Å². The molecule has 0 aliphatic carbocycles. The quantitative estimate of drug-likeness (QED) is 0.178. The zero-order chi connectivity index (χ0) is 27.8. The number of unbranched alkanes of at least 4 members (excludes halogenated alkanes) is 1. The Bertz CT molecular complexity index is 1460. The fraction of sp³-hybridized carbons (Fsp3) is 0.357. The van der Waals surface area contributed by atoms with E-state index in [0.29, 0.717) is 49.7 Å². The second kappa shape index (κ2) is 13.3. The lowest BCUT2D eigenvalue weighted by Gasteiger charge is -2.22. The number of carbonyl (C=O) groups is 2. The molecule has 4 rings (SSSR count). The zero-order valence-electron chi connectivity index (χ0n) is 21.8. The van der Waals surface area contributed by atoms with Crippen LogP contribution in [0.4, 0.5) is 5.82 Å². The number of pyridine rings is 1. The van der Waals surface area contributed by atoms with Crippen molar-refractivity contribution in [2.75, 3.05) is 38.5 Å². The number of halogens is 1. The van der Waals surface area contributed by atoms with Crippen molar-refractivity contribution >= 4 is 51.2 Å². The second-order valence-electron chi connectivity index (χ2n) is 9.12. The van der Waals surface area contributed by atoms with E-state index in [1.165, 1.54) is 0 Å². The standard InChI is InChI=1S/C28H32ClN5O5/c1-38-14-11-23-32-26-27(21-9-2-3-10-22(21)31-28(26)30)34(23)13-5-4-12-33(24(35)16-29)17-19-7-6-8-20(15-19)39-18-25(36)37/h2-3,6-10,15H,4-5,11-14,16-18H2,1H3,(H2,30,31)(H,36,37). The van der Waals surface area contributed by atoms with Crippen LogP contribution in [0.15, 0.2) is 48.5 Å². The van der Waals surface area contributed by atoms with Gasteiger partial charge in [0.1, 0.15) is 23.0 Å². The fourth-order valence-electron chi connectivity index (χ4n) is 4.58. The number of fused-ring (bicyclic) bond motifs is 3.